The second kappa shape index (κ2) is 16.7. The molecule has 0 bridgehead atoms. The molecule has 274 valence electrons. The number of alkyl halides is 2. The second-order valence-electron chi connectivity index (χ2n) is 12.9. The number of carbonyl (C=O) groups excluding carboxylic acids is 1. The third-order valence-corrected chi connectivity index (χ3v) is 9.45. The molecule has 3 heterocycles. The number of ether oxygens (including phenoxy) is 6. The summed E-state index contributed by atoms with van der Waals surface area (Å²) in [5.74, 6) is -6.24. The number of halogens is 2. The third-order valence-electron chi connectivity index (χ3n) is 9.45. The lowest BCUT2D eigenvalue weighted by molar-refractivity contribution is -0.291. The van der Waals surface area contributed by atoms with Crippen LogP contribution in [0.15, 0.2) is 0 Å². The first-order chi connectivity index (χ1) is 22.2. The molecular weight excluding hydrogens is 634 g/mol. The van der Waals surface area contributed by atoms with E-state index in [2.05, 4.69) is 0 Å². The lowest BCUT2D eigenvalue weighted by Crippen LogP contribution is -2.63. The molecule has 1 saturated carbocycles. The minimum absolute atomic E-state index is 0.112. The van der Waals surface area contributed by atoms with Crippen LogP contribution in [0.1, 0.15) is 38.5 Å². The van der Waals surface area contributed by atoms with Crippen molar-refractivity contribution in [1.29, 1.82) is 0 Å². The summed E-state index contributed by atoms with van der Waals surface area (Å²) in [6, 6.07) is -2.14. The van der Waals surface area contributed by atoms with Crippen LogP contribution in [0.3, 0.4) is 0 Å². The zero-order chi connectivity index (χ0) is 34.6. The summed E-state index contributed by atoms with van der Waals surface area (Å²) in [6.45, 7) is -1.46. The van der Waals surface area contributed by atoms with Gasteiger partial charge >= 0.3 is 0 Å². The largest absolute Gasteiger partial charge is 0.394 e. The Morgan fingerprint density at radius 3 is 1.83 bits per heavy atom. The monoisotopic (exact) mass is 686 g/mol. The van der Waals surface area contributed by atoms with Crippen LogP contribution in [0.4, 0.5) is 8.78 Å². The fraction of sp³-hybridized carbons (Fsp3) is 0.964. The highest BCUT2D eigenvalue weighted by molar-refractivity contribution is 5.84. The molecule has 3 aliphatic heterocycles. The van der Waals surface area contributed by atoms with Crippen molar-refractivity contribution in [3.8, 4) is 0 Å². The maximum absolute atomic E-state index is 14.0. The summed E-state index contributed by atoms with van der Waals surface area (Å²) in [6.07, 6.45) is -13.6. The molecule has 0 aromatic heterocycles. The Kier molecular flexibility index (Phi) is 13.8. The molecule has 0 spiro atoms. The molecule has 0 unspecified atom stereocenters. The minimum atomic E-state index is -3.89. The van der Waals surface area contributed by atoms with E-state index >= 15 is 0 Å². The van der Waals surface area contributed by atoms with Gasteiger partial charge in [-0.2, -0.15) is 0 Å². The van der Waals surface area contributed by atoms with Crippen LogP contribution in [0, 0.1) is 5.92 Å². The summed E-state index contributed by atoms with van der Waals surface area (Å²) >= 11 is 0. The van der Waals surface area contributed by atoms with Gasteiger partial charge in [-0.25, -0.2) is 8.78 Å². The Labute approximate surface area is 271 Å². The van der Waals surface area contributed by atoms with Gasteiger partial charge in [0.25, 0.3) is 5.92 Å². The molecular formula is C28H52F2N6O11. The van der Waals surface area contributed by atoms with Crippen LogP contribution in [0.5, 0.6) is 0 Å². The molecule has 47 heavy (non-hydrogen) atoms. The fourth-order valence-corrected chi connectivity index (χ4v) is 6.54. The first-order valence-electron chi connectivity index (χ1n) is 16.1. The molecule has 16 atom stereocenters. The highest BCUT2D eigenvalue weighted by Crippen LogP contribution is 2.37. The summed E-state index contributed by atoms with van der Waals surface area (Å²) in [4.78, 5) is 12.7. The average molecular weight is 687 g/mol. The molecule has 0 radical (unpaired) electrons. The van der Waals surface area contributed by atoms with Crippen molar-refractivity contribution >= 4 is 5.78 Å². The first kappa shape index (κ1) is 38.7. The van der Waals surface area contributed by atoms with E-state index in [0.717, 1.165) is 0 Å². The van der Waals surface area contributed by atoms with Gasteiger partial charge in [0.2, 0.25) is 0 Å². The molecule has 16 N–H and O–H groups in total. The predicted molar refractivity (Wildman–Crippen MR) is 158 cm³/mol. The third kappa shape index (κ3) is 8.98. The number of rotatable bonds is 14. The first-order valence-corrected chi connectivity index (χ1v) is 16.1. The van der Waals surface area contributed by atoms with Gasteiger partial charge in [-0.05, 0) is 38.0 Å². The van der Waals surface area contributed by atoms with Gasteiger partial charge in [-0.3, -0.25) is 4.79 Å². The lowest BCUT2D eigenvalue weighted by atomic mass is 9.76. The van der Waals surface area contributed by atoms with Gasteiger partial charge in [0.15, 0.2) is 30.8 Å². The van der Waals surface area contributed by atoms with Gasteiger partial charge in [0.05, 0.1) is 43.5 Å². The Morgan fingerprint density at radius 1 is 0.787 bits per heavy atom. The number of ketones is 1. The minimum Gasteiger partial charge on any atom is -0.394 e. The molecule has 17 nitrogen and oxygen atoms in total. The van der Waals surface area contributed by atoms with Crippen LogP contribution >= 0.6 is 0 Å². The van der Waals surface area contributed by atoms with E-state index < -0.39 is 117 Å². The van der Waals surface area contributed by atoms with Crippen molar-refractivity contribution in [3.05, 3.63) is 0 Å². The molecule has 1 aliphatic carbocycles. The summed E-state index contributed by atoms with van der Waals surface area (Å²) in [5.41, 5.74) is 35.4. The van der Waals surface area contributed by atoms with E-state index in [-0.39, 0.29) is 31.7 Å². The molecule has 0 aromatic carbocycles. The van der Waals surface area contributed by atoms with Crippen molar-refractivity contribution in [2.75, 3.05) is 26.2 Å². The fourth-order valence-electron chi connectivity index (χ4n) is 6.54. The van der Waals surface area contributed by atoms with Crippen molar-refractivity contribution in [2.45, 2.75) is 136 Å². The Balaban J connectivity index is 1.55. The van der Waals surface area contributed by atoms with Gasteiger partial charge in [0.1, 0.15) is 30.5 Å². The van der Waals surface area contributed by atoms with Crippen LogP contribution in [-0.2, 0) is 33.2 Å². The lowest BCUT2D eigenvalue weighted by Gasteiger charge is -2.46. The van der Waals surface area contributed by atoms with E-state index in [1.807, 2.05) is 0 Å². The van der Waals surface area contributed by atoms with Crippen molar-refractivity contribution in [2.24, 2.45) is 40.3 Å². The number of hydrogen-bond donors (Lipinski definition) is 10. The zero-order valence-corrected chi connectivity index (χ0v) is 26.2. The molecule has 0 amide bonds. The molecule has 19 heteroatoms. The quantitative estimate of drug-likeness (QED) is 0.0822. The topological polar surface area (TPSA) is 309 Å². The standard InChI is InChI=1S/C28H52F2N6O11/c29-28(30,10-33)24(41)17(38)6-11-5-16(36)21(45-25-14(34)3-1-12(7-31)42-25)23(19(11)39)47-27-20(40)22(18(9-37)44-27)46-26-15(35)4-2-13(8-32)43-26/h11-16,18-27,37,39-41H,1-10,31-36H2/t11-,12-,13+,14+,15+,16-,18+,19-,20+,21+,22+,23+,24-,25+,26+,27-/m0/s1. The molecule has 0 aromatic rings. The average Bonchev–Trinajstić information content (AvgIpc) is 3.35. The second-order valence-corrected chi connectivity index (χ2v) is 12.9. The van der Waals surface area contributed by atoms with Crippen LogP contribution in [0.25, 0.3) is 0 Å². The molecule has 4 aliphatic rings. The number of aliphatic hydroxyl groups excluding tert-OH is 4. The van der Waals surface area contributed by atoms with Gasteiger partial charge in [0, 0.05) is 25.6 Å². The van der Waals surface area contributed by atoms with Crippen LogP contribution in [-0.4, -0.2) is 150 Å². The Hall–Kier alpha value is -1.11. The molecule has 3 saturated heterocycles. The number of hydrogen-bond acceptors (Lipinski definition) is 17. The Bertz CT molecular complexity index is 1010. The smallest absolute Gasteiger partial charge is 0.292 e. The van der Waals surface area contributed by atoms with Crippen LogP contribution < -0.4 is 34.4 Å². The van der Waals surface area contributed by atoms with Gasteiger partial charge < -0.3 is 83.2 Å². The van der Waals surface area contributed by atoms with E-state index in [4.69, 9.17) is 62.8 Å². The highest BCUT2D eigenvalue weighted by Gasteiger charge is 2.54. The highest BCUT2D eigenvalue weighted by atomic mass is 19.3. The summed E-state index contributed by atoms with van der Waals surface area (Å²) in [5, 5.41) is 42.8. The van der Waals surface area contributed by atoms with E-state index in [1.165, 1.54) is 0 Å². The van der Waals surface area contributed by atoms with E-state index in [9.17, 15) is 34.0 Å². The number of aliphatic hydroxyl groups is 4. The number of carbonyl (C=O) groups is 1. The maximum atomic E-state index is 14.0. The molecule has 4 rings (SSSR count). The van der Waals surface area contributed by atoms with E-state index in [1.54, 1.807) is 0 Å². The van der Waals surface area contributed by atoms with Gasteiger partial charge in [-0.1, -0.05) is 0 Å². The van der Waals surface area contributed by atoms with Gasteiger partial charge in [-0.15, -0.1) is 0 Å². The maximum Gasteiger partial charge on any atom is 0.292 e. The number of nitrogens with two attached hydrogens (primary N) is 6. The SMILES string of the molecule is NC[C@@H]1CC[C@@H](N)[C@@H](O[C@H]2[C@H](O[C@@H]3O[C@H](CO)[C@@H](O[C@H]4O[C@@H](CN)CC[C@H]4N)[C@H]3O)[C@@H](O)[C@H](CC(=O)[C@H](O)C(F)(F)CN)C[C@@H]2N)O1. The van der Waals surface area contributed by atoms with E-state index in [0.29, 0.717) is 25.7 Å². The number of Topliss-reactive ketones (excluding diaryl/α,β-unsaturated/α-hetero) is 1. The van der Waals surface area contributed by atoms with Crippen molar-refractivity contribution in [3.63, 3.8) is 0 Å². The van der Waals surface area contributed by atoms with Crippen molar-refractivity contribution in [1.82, 2.24) is 0 Å². The summed E-state index contributed by atoms with van der Waals surface area (Å²) in [7, 11) is 0. The predicted octanol–water partition coefficient (Wildman–Crippen LogP) is -4.58. The summed E-state index contributed by atoms with van der Waals surface area (Å²) < 4.78 is 63.8. The van der Waals surface area contributed by atoms with Crippen LogP contribution in [0.2, 0.25) is 0 Å². The Morgan fingerprint density at radius 2 is 1.32 bits per heavy atom. The molecule has 4 fully saturated rings. The van der Waals surface area contributed by atoms with Crippen molar-refractivity contribution < 1.29 is 62.4 Å². The zero-order valence-electron chi connectivity index (χ0n) is 26.2. The normalized spacial score (nSPS) is 44.0.